The average molecular weight is 378 g/mol. The van der Waals surface area contributed by atoms with Crippen LogP contribution in [-0.2, 0) is 6.54 Å². The number of aryl methyl sites for hydroxylation is 1. The third-order valence-electron chi connectivity index (χ3n) is 5.04. The van der Waals surface area contributed by atoms with Crippen molar-refractivity contribution in [3.8, 4) is 5.75 Å². The lowest BCUT2D eigenvalue weighted by atomic mass is 9.99. The number of fused-ring (bicyclic) bond motifs is 1. The maximum Gasteiger partial charge on any atom is 0.174 e. The van der Waals surface area contributed by atoms with Crippen molar-refractivity contribution in [2.75, 3.05) is 19.0 Å². The van der Waals surface area contributed by atoms with E-state index in [1.54, 1.807) is 7.11 Å². The monoisotopic (exact) mass is 377 g/mol. The van der Waals surface area contributed by atoms with Crippen LogP contribution in [0.2, 0.25) is 0 Å². The van der Waals surface area contributed by atoms with Crippen LogP contribution in [0.5, 0.6) is 5.75 Å². The number of hydrogen-bond donors (Lipinski definition) is 1. The second kappa shape index (κ2) is 7.45. The molecule has 2 heterocycles. The van der Waals surface area contributed by atoms with Crippen LogP contribution < -0.4 is 10.1 Å². The van der Waals surface area contributed by atoms with Crippen molar-refractivity contribution in [1.29, 1.82) is 0 Å². The van der Waals surface area contributed by atoms with Crippen LogP contribution in [0.3, 0.4) is 0 Å². The number of anilines is 1. The lowest BCUT2D eigenvalue weighted by Gasteiger charge is -2.39. The van der Waals surface area contributed by atoms with Gasteiger partial charge in [0.2, 0.25) is 0 Å². The summed E-state index contributed by atoms with van der Waals surface area (Å²) < 4.78 is 7.77. The fourth-order valence-corrected chi connectivity index (χ4v) is 3.94. The predicted octanol–water partition coefficient (Wildman–Crippen LogP) is 4.61. The Balaban J connectivity index is 1.68. The first-order chi connectivity index (χ1) is 13.2. The Morgan fingerprint density at radius 3 is 2.59 bits per heavy atom. The summed E-state index contributed by atoms with van der Waals surface area (Å²) in [5.74, 6) is 0.784. The van der Waals surface area contributed by atoms with Gasteiger partial charge in [0.05, 0.1) is 18.8 Å². The Labute approximate surface area is 165 Å². The first kappa shape index (κ1) is 17.6. The number of ether oxygens (including phenoxy) is 1. The molecule has 4 nitrogen and oxygen atoms in total. The van der Waals surface area contributed by atoms with Gasteiger partial charge in [0.1, 0.15) is 5.75 Å². The van der Waals surface area contributed by atoms with Crippen molar-refractivity contribution < 1.29 is 4.74 Å². The van der Waals surface area contributed by atoms with E-state index in [1.807, 2.05) is 24.3 Å². The number of aromatic nitrogens is 1. The molecule has 0 bridgehead atoms. The maximum absolute atomic E-state index is 5.82. The summed E-state index contributed by atoms with van der Waals surface area (Å²) >= 11 is 5.82. The van der Waals surface area contributed by atoms with Crippen LogP contribution in [0.25, 0.3) is 0 Å². The van der Waals surface area contributed by atoms with Crippen molar-refractivity contribution in [3.05, 3.63) is 83.7 Å². The smallest absolute Gasteiger partial charge is 0.174 e. The topological polar surface area (TPSA) is 29.4 Å². The van der Waals surface area contributed by atoms with Gasteiger partial charge in [0.25, 0.3) is 0 Å². The molecule has 1 atom stereocenters. The van der Waals surface area contributed by atoms with E-state index in [9.17, 15) is 0 Å². The molecule has 4 rings (SSSR count). The first-order valence-electron chi connectivity index (χ1n) is 9.09. The zero-order valence-corrected chi connectivity index (χ0v) is 16.4. The Hall–Kier alpha value is -2.79. The molecule has 5 heteroatoms. The number of para-hydroxylation sites is 2. The number of methoxy groups -OCH3 is 1. The highest BCUT2D eigenvalue weighted by Crippen LogP contribution is 2.34. The quantitative estimate of drug-likeness (QED) is 0.675. The summed E-state index contributed by atoms with van der Waals surface area (Å²) in [5.41, 5.74) is 4.64. The van der Waals surface area contributed by atoms with E-state index in [4.69, 9.17) is 17.0 Å². The van der Waals surface area contributed by atoms with Crippen molar-refractivity contribution >= 4 is 23.0 Å². The van der Waals surface area contributed by atoms with Gasteiger partial charge in [-0.3, -0.25) is 0 Å². The lowest BCUT2D eigenvalue weighted by molar-refractivity contribution is 0.293. The van der Waals surface area contributed by atoms with Crippen LogP contribution in [-0.4, -0.2) is 28.2 Å². The van der Waals surface area contributed by atoms with Gasteiger partial charge in [0, 0.05) is 25.0 Å². The summed E-state index contributed by atoms with van der Waals surface area (Å²) in [6.45, 7) is 3.87. The molecule has 0 saturated carbocycles. The summed E-state index contributed by atoms with van der Waals surface area (Å²) in [5, 5.41) is 4.09. The largest absolute Gasteiger partial charge is 0.495 e. The summed E-state index contributed by atoms with van der Waals surface area (Å²) in [6.07, 6.45) is 2.14. The molecule has 0 aliphatic carbocycles. The molecule has 3 aromatic rings. The molecule has 1 N–H and O–H groups in total. The molecular formula is C22H23N3OS. The molecule has 0 spiro atoms. The fraction of sp³-hybridized carbons (Fsp3) is 0.227. The Morgan fingerprint density at radius 1 is 1.04 bits per heavy atom. The minimum Gasteiger partial charge on any atom is -0.495 e. The van der Waals surface area contributed by atoms with Gasteiger partial charge in [-0.05, 0) is 49.0 Å². The highest BCUT2D eigenvalue weighted by Gasteiger charge is 2.30. The van der Waals surface area contributed by atoms with Crippen molar-refractivity contribution in [2.24, 2.45) is 0 Å². The minimum absolute atomic E-state index is 0.0871. The second-order valence-electron chi connectivity index (χ2n) is 6.76. The van der Waals surface area contributed by atoms with Gasteiger partial charge in [-0.1, -0.05) is 42.0 Å². The third-order valence-corrected chi connectivity index (χ3v) is 5.38. The zero-order chi connectivity index (χ0) is 18.8. The van der Waals surface area contributed by atoms with E-state index in [-0.39, 0.29) is 6.04 Å². The van der Waals surface area contributed by atoms with Gasteiger partial charge < -0.3 is 19.5 Å². The van der Waals surface area contributed by atoms with E-state index in [2.05, 4.69) is 64.3 Å². The third kappa shape index (κ3) is 3.43. The average Bonchev–Trinajstić information content (AvgIpc) is 3.17. The minimum atomic E-state index is 0.0871. The normalized spacial score (nSPS) is 15.9. The number of nitrogens with one attached hydrogen (secondary N) is 1. The van der Waals surface area contributed by atoms with Gasteiger partial charge in [-0.25, -0.2) is 0 Å². The highest BCUT2D eigenvalue weighted by atomic mass is 32.1. The number of benzene rings is 2. The number of rotatable bonds is 3. The van der Waals surface area contributed by atoms with E-state index >= 15 is 0 Å². The van der Waals surface area contributed by atoms with E-state index < -0.39 is 0 Å². The van der Waals surface area contributed by atoms with Gasteiger partial charge in [0.15, 0.2) is 5.11 Å². The summed E-state index contributed by atoms with van der Waals surface area (Å²) in [7, 11) is 1.67. The van der Waals surface area contributed by atoms with Crippen molar-refractivity contribution in [2.45, 2.75) is 19.5 Å². The molecule has 0 fully saturated rings. The molecule has 138 valence electrons. The van der Waals surface area contributed by atoms with E-state index in [1.165, 1.54) is 16.8 Å². The molecule has 1 aliphatic heterocycles. The Kier molecular flexibility index (Phi) is 4.86. The Bertz CT molecular complexity index is 948. The highest BCUT2D eigenvalue weighted by molar-refractivity contribution is 7.80. The molecular weight excluding hydrogens is 354 g/mol. The molecule has 1 aromatic heterocycles. The van der Waals surface area contributed by atoms with Crippen LogP contribution in [0.4, 0.5) is 5.69 Å². The van der Waals surface area contributed by atoms with Crippen LogP contribution in [0.1, 0.15) is 22.9 Å². The molecule has 2 aromatic carbocycles. The summed E-state index contributed by atoms with van der Waals surface area (Å²) in [6, 6.07) is 20.9. The van der Waals surface area contributed by atoms with E-state index in [0.717, 1.165) is 24.5 Å². The Morgan fingerprint density at radius 2 is 1.81 bits per heavy atom. The predicted molar refractivity (Wildman–Crippen MR) is 113 cm³/mol. The number of thiocarbonyl (C=S) groups is 1. The maximum atomic E-state index is 5.82. The van der Waals surface area contributed by atoms with Crippen LogP contribution in [0.15, 0.2) is 66.9 Å². The number of nitrogens with zero attached hydrogens (tertiary/aromatic N) is 2. The lowest BCUT2D eigenvalue weighted by Crippen LogP contribution is -2.44. The SMILES string of the molecule is COc1ccccc1NC(=S)N1CCn2cccc2[C@H]1c1ccc(C)cc1. The van der Waals surface area contributed by atoms with Gasteiger partial charge in [-0.15, -0.1) is 0 Å². The molecule has 0 radical (unpaired) electrons. The van der Waals surface area contributed by atoms with Crippen molar-refractivity contribution in [1.82, 2.24) is 9.47 Å². The second-order valence-corrected chi connectivity index (χ2v) is 7.15. The van der Waals surface area contributed by atoms with Gasteiger partial charge >= 0.3 is 0 Å². The van der Waals surface area contributed by atoms with Gasteiger partial charge in [-0.2, -0.15) is 0 Å². The summed E-state index contributed by atoms with van der Waals surface area (Å²) in [4.78, 5) is 2.27. The molecule has 27 heavy (non-hydrogen) atoms. The number of hydrogen-bond acceptors (Lipinski definition) is 2. The molecule has 0 saturated heterocycles. The molecule has 0 unspecified atom stereocenters. The van der Waals surface area contributed by atoms with E-state index in [0.29, 0.717) is 5.11 Å². The van der Waals surface area contributed by atoms with Crippen LogP contribution >= 0.6 is 12.2 Å². The fourth-order valence-electron chi connectivity index (χ4n) is 3.64. The zero-order valence-electron chi connectivity index (χ0n) is 15.6. The first-order valence-corrected chi connectivity index (χ1v) is 9.50. The van der Waals surface area contributed by atoms with Crippen LogP contribution in [0, 0.1) is 6.92 Å². The van der Waals surface area contributed by atoms with Crippen molar-refractivity contribution in [3.63, 3.8) is 0 Å². The molecule has 0 amide bonds. The standard InChI is InChI=1S/C22H23N3OS/c1-16-9-11-17(12-10-16)21-19-7-5-13-24(19)14-15-25(21)22(27)23-18-6-3-4-8-20(18)26-2/h3-13,21H,14-15H2,1-2H3,(H,23,27)/t21-/m1/s1. The molecule has 1 aliphatic rings.